The summed E-state index contributed by atoms with van der Waals surface area (Å²) in [5.41, 5.74) is 1.49. The maximum Gasteiger partial charge on any atom is 0.114 e. The van der Waals surface area contributed by atoms with Crippen LogP contribution < -0.4 is 10.6 Å². The molecule has 0 bridgehead atoms. The van der Waals surface area contributed by atoms with E-state index in [2.05, 4.69) is 24.6 Å². The Kier molecular flexibility index (Phi) is 3.43. The molecule has 2 N–H and O–H groups in total. The molecule has 2 heterocycles. The van der Waals surface area contributed by atoms with Gasteiger partial charge in [0.2, 0.25) is 0 Å². The van der Waals surface area contributed by atoms with Gasteiger partial charge in [0.15, 0.2) is 0 Å². The van der Waals surface area contributed by atoms with Crippen LogP contribution in [0.2, 0.25) is 0 Å². The van der Waals surface area contributed by atoms with E-state index >= 15 is 0 Å². The van der Waals surface area contributed by atoms with Crippen LogP contribution in [-0.2, 0) is 18.4 Å². The van der Waals surface area contributed by atoms with Crippen LogP contribution in [0.4, 0.5) is 0 Å². The van der Waals surface area contributed by atoms with E-state index in [1.54, 1.807) is 4.88 Å². The molecule has 3 rings (SSSR count). The van der Waals surface area contributed by atoms with Gasteiger partial charge in [-0.15, -0.1) is 11.3 Å². The van der Waals surface area contributed by atoms with E-state index in [0.717, 1.165) is 19.5 Å². The molecule has 1 aliphatic heterocycles. The van der Waals surface area contributed by atoms with E-state index in [9.17, 15) is 0 Å². The van der Waals surface area contributed by atoms with Crippen LogP contribution in [0.5, 0.6) is 0 Å². The summed E-state index contributed by atoms with van der Waals surface area (Å²) in [5.74, 6) is 0.601. The van der Waals surface area contributed by atoms with Crippen molar-refractivity contribution < 1.29 is 0 Å². The van der Waals surface area contributed by atoms with Gasteiger partial charge in [-0.2, -0.15) is 0 Å². The SMILES string of the molecule is CNC1(c2nc3c(s2)CCCC3)CCNCC1C. The third-order valence-electron chi connectivity index (χ3n) is 4.66. The lowest BCUT2D eigenvalue weighted by molar-refractivity contribution is 0.179. The van der Waals surface area contributed by atoms with Crippen molar-refractivity contribution in [3.05, 3.63) is 15.6 Å². The number of aryl methyl sites for hydroxylation is 2. The molecule has 1 aliphatic carbocycles. The Morgan fingerprint density at radius 3 is 2.94 bits per heavy atom. The Bertz CT molecular complexity index is 405. The molecule has 2 atom stereocenters. The van der Waals surface area contributed by atoms with Crippen LogP contribution >= 0.6 is 11.3 Å². The molecule has 0 amide bonds. The summed E-state index contributed by atoms with van der Waals surface area (Å²) in [6, 6.07) is 0. The monoisotopic (exact) mass is 265 g/mol. The molecule has 100 valence electrons. The number of hydrogen-bond acceptors (Lipinski definition) is 4. The van der Waals surface area contributed by atoms with Crippen molar-refractivity contribution >= 4 is 11.3 Å². The lowest BCUT2D eigenvalue weighted by Gasteiger charge is -2.41. The first kappa shape index (κ1) is 12.6. The Morgan fingerprint density at radius 2 is 2.22 bits per heavy atom. The first-order chi connectivity index (χ1) is 8.76. The molecule has 1 fully saturated rings. The topological polar surface area (TPSA) is 37.0 Å². The molecule has 18 heavy (non-hydrogen) atoms. The van der Waals surface area contributed by atoms with Crippen LogP contribution in [0.3, 0.4) is 0 Å². The first-order valence-electron chi connectivity index (χ1n) is 7.15. The van der Waals surface area contributed by atoms with E-state index in [0.29, 0.717) is 5.92 Å². The van der Waals surface area contributed by atoms with Gasteiger partial charge in [0.25, 0.3) is 0 Å². The number of nitrogens with one attached hydrogen (secondary N) is 2. The fraction of sp³-hybridized carbons (Fsp3) is 0.786. The molecule has 0 saturated carbocycles. The number of nitrogens with zero attached hydrogens (tertiary/aromatic N) is 1. The smallest absolute Gasteiger partial charge is 0.114 e. The number of fused-ring (bicyclic) bond motifs is 1. The van der Waals surface area contributed by atoms with Crippen LogP contribution in [0.15, 0.2) is 0 Å². The number of thiazole rings is 1. The van der Waals surface area contributed by atoms with Gasteiger partial charge < -0.3 is 10.6 Å². The van der Waals surface area contributed by atoms with Gasteiger partial charge in [-0.3, -0.25) is 0 Å². The second kappa shape index (κ2) is 4.91. The van der Waals surface area contributed by atoms with Crippen LogP contribution in [-0.4, -0.2) is 25.1 Å². The van der Waals surface area contributed by atoms with Crippen molar-refractivity contribution in [1.29, 1.82) is 0 Å². The summed E-state index contributed by atoms with van der Waals surface area (Å²) < 4.78 is 0. The maximum atomic E-state index is 5.00. The predicted octanol–water partition coefficient (Wildman–Crippen LogP) is 2.07. The molecule has 1 aromatic heterocycles. The highest BCUT2D eigenvalue weighted by Crippen LogP contribution is 2.39. The van der Waals surface area contributed by atoms with Crippen molar-refractivity contribution in [2.24, 2.45) is 5.92 Å². The highest BCUT2D eigenvalue weighted by atomic mass is 32.1. The quantitative estimate of drug-likeness (QED) is 0.859. The zero-order valence-electron chi connectivity index (χ0n) is 11.4. The van der Waals surface area contributed by atoms with E-state index in [-0.39, 0.29) is 5.54 Å². The van der Waals surface area contributed by atoms with Crippen molar-refractivity contribution in [2.75, 3.05) is 20.1 Å². The molecule has 1 aromatic rings. The van der Waals surface area contributed by atoms with Crippen LogP contribution in [0.25, 0.3) is 0 Å². The van der Waals surface area contributed by atoms with Crippen molar-refractivity contribution in [2.45, 2.75) is 44.6 Å². The summed E-state index contributed by atoms with van der Waals surface area (Å²) >= 11 is 1.97. The van der Waals surface area contributed by atoms with Crippen molar-refractivity contribution in [1.82, 2.24) is 15.6 Å². The minimum absolute atomic E-state index is 0.104. The lowest BCUT2D eigenvalue weighted by atomic mass is 9.80. The largest absolute Gasteiger partial charge is 0.316 e. The molecule has 3 nitrogen and oxygen atoms in total. The zero-order valence-corrected chi connectivity index (χ0v) is 12.2. The summed E-state index contributed by atoms with van der Waals surface area (Å²) in [4.78, 5) is 6.55. The Balaban J connectivity index is 1.97. The molecular weight excluding hydrogens is 242 g/mol. The average molecular weight is 265 g/mol. The van der Waals surface area contributed by atoms with Crippen molar-refractivity contribution in [3.63, 3.8) is 0 Å². The third kappa shape index (κ3) is 1.91. The van der Waals surface area contributed by atoms with Gasteiger partial charge in [-0.05, 0) is 58.2 Å². The number of aromatic nitrogens is 1. The van der Waals surface area contributed by atoms with Crippen LogP contribution in [0, 0.1) is 5.92 Å². The first-order valence-corrected chi connectivity index (χ1v) is 7.96. The fourth-order valence-electron chi connectivity index (χ4n) is 3.36. The molecule has 4 heteroatoms. The summed E-state index contributed by atoms with van der Waals surface area (Å²) in [5, 5.41) is 8.43. The Labute approximate surface area is 113 Å². The van der Waals surface area contributed by atoms with Crippen LogP contribution in [0.1, 0.15) is 41.8 Å². The second-order valence-electron chi connectivity index (χ2n) is 5.67. The van der Waals surface area contributed by atoms with Gasteiger partial charge >= 0.3 is 0 Å². The fourth-order valence-corrected chi connectivity index (χ4v) is 4.85. The zero-order chi connectivity index (χ0) is 12.6. The van der Waals surface area contributed by atoms with Crippen molar-refractivity contribution in [3.8, 4) is 0 Å². The minimum atomic E-state index is 0.104. The average Bonchev–Trinajstić information content (AvgIpc) is 2.83. The second-order valence-corrected chi connectivity index (χ2v) is 6.76. The van der Waals surface area contributed by atoms with Gasteiger partial charge in [0.1, 0.15) is 5.01 Å². The standard InChI is InChI=1S/C14H23N3S/c1-10-9-16-8-7-14(10,15-2)13-17-11-5-3-4-6-12(11)18-13/h10,15-16H,3-9H2,1-2H3. The molecule has 0 aromatic carbocycles. The predicted molar refractivity (Wildman–Crippen MR) is 76.1 cm³/mol. The van der Waals surface area contributed by atoms with E-state index in [1.165, 1.54) is 36.4 Å². The van der Waals surface area contributed by atoms with E-state index < -0.39 is 0 Å². The third-order valence-corrected chi connectivity index (χ3v) is 6.00. The van der Waals surface area contributed by atoms with Gasteiger partial charge in [0, 0.05) is 4.88 Å². The molecule has 1 saturated heterocycles. The molecule has 0 spiro atoms. The summed E-state index contributed by atoms with van der Waals surface area (Å²) in [6.07, 6.45) is 6.26. The molecular formula is C14H23N3S. The van der Waals surface area contributed by atoms with Gasteiger partial charge in [0.05, 0.1) is 11.2 Å². The minimum Gasteiger partial charge on any atom is -0.316 e. The molecule has 0 radical (unpaired) electrons. The molecule has 2 unspecified atom stereocenters. The van der Waals surface area contributed by atoms with E-state index in [4.69, 9.17) is 4.98 Å². The Hall–Kier alpha value is -0.450. The highest BCUT2D eigenvalue weighted by Gasteiger charge is 2.41. The summed E-state index contributed by atoms with van der Waals surface area (Å²) in [7, 11) is 2.10. The van der Waals surface area contributed by atoms with Gasteiger partial charge in [-0.1, -0.05) is 6.92 Å². The lowest BCUT2D eigenvalue weighted by Crippen LogP contribution is -2.54. The maximum absolute atomic E-state index is 5.00. The number of rotatable bonds is 2. The number of piperidine rings is 1. The Morgan fingerprint density at radius 1 is 1.39 bits per heavy atom. The summed E-state index contributed by atoms with van der Waals surface area (Å²) in [6.45, 7) is 4.52. The van der Waals surface area contributed by atoms with E-state index in [1.807, 2.05) is 11.3 Å². The highest BCUT2D eigenvalue weighted by molar-refractivity contribution is 7.11. The normalized spacial score (nSPS) is 32.2. The van der Waals surface area contributed by atoms with Gasteiger partial charge in [-0.25, -0.2) is 4.98 Å². The molecule has 2 aliphatic rings. The number of hydrogen-bond donors (Lipinski definition) is 2.